The number of fused-ring (bicyclic) bond motifs is 1. The minimum absolute atomic E-state index is 0.106. The lowest BCUT2D eigenvalue weighted by Crippen LogP contribution is -2.23. The van der Waals surface area contributed by atoms with E-state index < -0.39 is 0 Å². The van der Waals surface area contributed by atoms with Crippen LogP contribution in [-0.4, -0.2) is 10.9 Å². The molecule has 2 aromatic carbocycles. The number of benzene rings is 2. The van der Waals surface area contributed by atoms with Gasteiger partial charge in [-0.05, 0) is 35.2 Å². The molecule has 0 saturated heterocycles. The largest absolute Gasteiger partial charge is 0.348 e. The van der Waals surface area contributed by atoms with Crippen LogP contribution in [0.2, 0.25) is 0 Å². The lowest BCUT2D eigenvalue weighted by Gasteiger charge is -2.08. The van der Waals surface area contributed by atoms with Gasteiger partial charge in [-0.1, -0.05) is 48.0 Å². The molecule has 130 valence electrons. The molecule has 0 saturated carbocycles. The van der Waals surface area contributed by atoms with Crippen molar-refractivity contribution in [2.24, 2.45) is 0 Å². The maximum atomic E-state index is 12.5. The number of amides is 1. The van der Waals surface area contributed by atoms with Crippen LogP contribution in [0, 0.1) is 6.92 Å². The van der Waals surface area contributed by atoms with Gasteiger partial charge in [0, 0.05) is 37.6 Å². The molecule has 0 fully saturated rings. The Labute approximate surface area is 153 Å². The fourth-order valence-corrected chi connectivity index (χ4v) is 3.21. The van der Waals surface area contributed by atoms with Gasteiger partial charge in [-0.25, -0.2) is 0 Å². The van der Waals surface area contributed by atoms with E-state index in [9.17, 15) is 4.79 Å². The van der Waals surface area contributed by atoms with Gasteiger partial charge in [0.2, 0.25) is 0 Å². The molecule has 0 spiro atoms. The number of hydrogen-bond donors (Lipinski definition) is 2. The zero-order chi connectivity index (χ0) is 17.9. The molecule has 4 rings (SSSR count). The van der Waals surface area contributed by atoms with Crippen molar-refractivity contribution in [3.63, 3.8) is 0 Å². The van der Waals surface area contributed by atoms with E-state index in [2.05, 4.69) is 52.9 Å². The first-order chi connectivity index (χ1) is 12.7. The molecule has 1 aliphatic heterocycles. The molecule has 4 nitrogen and oxygen atoms in total. The van der Waals surface area contributed by atoms with Gasteiger partial charge < -0.3 is 10.6 Å². The predicted octanol–water partition coefficient (Wildman–Crippen LogP) is 3.59. The molecular weight excluding hydrogens is 322 g/mol. The van der Waals surface area contributed by atoms with E-state index in [-0.39, 0.29) is 5.91 Å². The van der Waals surface area contributed by atoms with Crippen molar-refractivity contribution in [3.05, 3.63) is 88.7 Å². The van der Waals surface area contributed by atoms with Crippen molar-refractivity contribution in [2.75, 3.05) is 0 Å². The minimum Gasteiger partial charge on any atom is -0.348 e. The molecule has 0 radical (unpaired) electrons. The van der Waals surface area contributed by atoms with E-state index in [1.807, 2.05) is 18.2 Å². The van der Waals surface area contributed by atoms with Crippen LogP contribution in [0.1, 0.15) is 32.6 Å². The Morgan fingerprint density at radius 2 is 1.81 bits per heavy atom. The zero-order valence-corrected chi connectivity index (χ0v) is 14.8. The maximum Gasteiger partial charge on any atom is 0.253 e. The van der Waals surface area contributed by atoms with Crippen LogP contribution in [0.3, 0.4) is 0 Å². The smallest absolute Gasteiger partial charge is 0.253 e. The molecule has 4 heteroatoms. The number of nitrogens with zero attached hydrogens (tertiary/aromatic N) is 1. The molecule has 26 heavy (non-hydrogen) atoms. The molecule has 0 aliphatic carbocycles. The second kappa shape index (κ2) is 7.10. The van der Waals surface area contributed by atoms with Crippen molar-refractivity contribution < 1.29 is 4.79 Å². The fourth-order valence-electron chi connectivity index (χ4n) is 3.21. The van der Waals surface area contributed by atoms with Crippen LogP contribution in [0.5, 0.6) is 0 Å². The van der Waals surface area contributed by atoms with Gasteiger partial charge in [-0.3, -0.25) is 9.78 Å². The molecule has 2 N–H and O–H groups in total. The topological polar surface area (TPSA) is 54.0 Å². The summed E-state index contributed by atoms with van der Waals surface area (Å²) in [7, 11) is 0. The number of aryl methyl sites for hydroxylation is 1. The molecule has 1 amide bonds. The second-order valence-electron chi connectivity index (χ2n) is 6.72. The summed E-state index contributed by atoms with van der Waals surface area (Å²) in [6, 6.07) is 16.5. The summed E-state index contributed by atoms with van der Waals surface area (Å²) in [6.07, 6.45) is 3.40. The van der Waals surface area contributed by atoms with Crippen molar-refractivity contribution in [1.82, 2.24) is 15.6 Å². The van der Waals surface area contributed by atoms with Gasteiger partial charge >= 0.3 is 0 Å². The number of hydrogen-bond acceptors (Lipinski definition) is 3. The first-order valence-electron chi connectivity index (χ1n) is 8.81. The quantitative estimate of drug-likeness (QED) is 0.761. The number of pyridine rings is 1. The van der Waals surface area contributed by atoms with Crippen LogP contribution < -0.4 is 10.6 Å². The first kappa shape index (κ1) is 16.5. The highest BCUT2D eigenvalue weighted by atomic mass is 16.1. The van der Waals surface area contributed by atoms with E-state index >= 15 is 0 Å². The maximum absolute atomic E-state index is 12.5. The van der Waals surface area contributed by atoms with Crippen LogP contribution in [-0.2, 0) is 19.6 Å². The predicted molar refractivity (Wildman–Crippen MR) is 103 cm³/mol. The monoisotopic (exact) mass is 343 g/mol. The van der Waals surface area contributed by atoms with Gasteiger partial charge in [0.1, 0.15) is 0 Å². The van der Waals surface area contributed by atoms with Crippen LogP contribution in [0.25, 0.3) is 11.1 Å². The van der Waals surface area contributed by atoms with Gasteiger partial charge in [0.25, 0.3) is 5.91 Å². The summed E-state index contributed by atoms with van der Waals surface area (Å²) in [5.41, 5.74) is 7.56. The van der Waals surface area contributed by atoms with Crippen molar-refractivity contribution in [2.45, 2.75) is 26.6 Å². The third kappa shape index (κ3) is 3.51. The summed E-state index contributed by atoms with van der Waals surface area (Å²) in [6.45, 7) is 4.40. The highest BCUT2D eigenvalue weighted by Gasteiger charge is 2.11. The van der Waals surface area contributed by atoms with E-state index in [1.165, 1.54) is 16.7 Å². The number of rotatable bonds is 4. The Morgan fingerprint density at radius 3 is 2.65 bits per heavy atom. The number of carbonyl (C=O) groups excluding carboxylic acids is 1. The normalized spacial score (nSPS) is 12.7. The number of carbonyl (C=O) groups is 1. The molecule has 0 unspecified atom stereocenters. The Bertz CT molecular complexity index is 948. The van der Waals surface area contributed by atoms with Crippen LogP contribution in [0.15, 0.2) is 60.9 Å². The Kier molecular flexibility index (Phi) is 4.50. The van der Waals surface area contributed by atoms with Crippen molar-refractivity contribution in [3.8, 4) is 11.1 Å². The molecule has 0 atom stereocenters. The Morgan fingerprint density at radius 1 is 1.00 bits per heavy atom. The first-order valence-corrected chi connectivity index (χ1v) is 8.81. The van der Waals surface area contributed by atoms with Crippen LogP contribution in [0.4, 0.5) is 0 Å². The standard InChI is InChI=1S/C22H21N3O/c1-15-2-5-17(6-3-15)20-9-21(14-24-13-20)22(26)25-10-16-4-7-18-11-23-12-19(18)8-16/h2-9,13-14,23H,10-12H2,1H3,(H,25,26). The molecule has 0 bridgehead atoms. The lowest BCUT2D eigenvalue weighted by atomic mass is 10.0. The SMILES string of the molecule is Cc1ccc(-c2cncc(C(=O)NCc3ccc4c(c3)CNC4)c2)cc1. The van der Waals surface area contributed by atoms with Crippen LogP contribution >= 0.6 is 0 Å². The Hall–Kier alpha value is -2.98. The van der Waals surface area contributed by atoms with E-state index in [4.69, 9.17) is 0 Å². The summed E-state index contributed by atoms with van der Waals surface area (Å²) in [5, 5.41) is 6.33. The molecule has 2 heterocycles. The second-order valence-corrected chi connectivity index (χ2v) is 6.72. The van der Waals surface area contributed by atoms with E-state index in [1.54, 1.807) is 12.4 Å². The van der Waals surface area contributed by atoms with Crippen molar-refractivity contribution >= 4 is 5.91 Å². The summed E-state index contributed by atoms with van der Waals surface area (Å²) in [5.74, 6) is -0.106. The van der Waals surface area contributed by atoms with Gasteiger partial charge in [0.15, 0.2) is 0 Å². The van der Waals surface area contributed by atoms with Gasteiger partial charge in [-0.15, -0.1) is 0 Å². The number of nitrogens with one attached hydrogen (secondary N) is 2. The van der Waals surface area contributed by atoms with E-state index in [0.717, 1.165) is 29.8 Å². The minimum atomic E-state index is -0.106. The summed E-state index contributed by atoms with van der Waals surface area (Å²) >= 11 is 0. The third-order valence-corrected chi connectivity index (χ3v) is 4.74. The lowest BCUT2D eigenvalue weighted by molar-refractivity contribution is 0.0950. The third-order valence-electron chi connectivity index (χ3n) is 4.74. The fraction of sp³-hybridized carbons (Fsp3) is 0.182. The zero-order valence-electron chi connectivity index (χ0n) is 14.8. The van der Waals surface area contributed by atoms with E-state index in [0.29, 0.717) is 12.1 Å². The molecule has 3 aromatic rings. The van der Waals surface area contributed by atoms with Gasteiger partial charge in [-0.2, -0.15) is 0 Å². The average Bonchev–Trinajstić information content (AvgIpc) is 3.14. The molecule has 1 aromatic heterocycles. The average molecular weight is 343 g/mol. The molecular formula is C22H21N3O. The van der Waals surface area contributed by atoms with Crippen molar-refractivity contribution in [1.29, 1.82) is 0 Å². The molecule has 1 aliphatic rings. The number of aromatic nitrogens is 1. The van der Waals surface area contributed by atoms with Gasteiger partial charge in [0.05, 0.1) is 5.56 Å². The summed E-state index contributed by atoms with van der Waals surface area (Å²) < 4.78 is 0. The Balaban J connectivity index is 1.46. The highest BCUT2D eigenvalue weighted by Crippen LogP contribution is 2.20. The highest BCUT2D eigenvalue weighted by molar-refractivity contribution is 5.95. The summed E-state index contributed by atoms with van der Waals surface area (Å²) in [4.78, 5) is 16.8.